The molecule has 2 heteroatoms. The first-order valence-electron chi connectivity index (χ1n) is 3.67. The fourth-order valence-electron chi connectivity index (χ4n) is 0.915. The van der Waals surface area contributed by atoms with Gasteiger partial charge in [-0.1, -0.05) is 42.1 Å². The van der Waals surface area contributed by atoms with Gasteiger partial charge in [-0.3, -0.25) is 0 Å². The van der Waals surface area contributed by atoms with E-state index in [0.717, 1.165) is 11.3 Å². The molecule has 0 bridgehead atoms. The SMILES string of the molecule is C=C/C(=N\OC)c1ccccc1. The van der Waals surface area contributed by atoms with Crippen LogP contribution in [0.25, 0.3) is 0 Å². The van der Waals surface area contributed by atoms with Gasteiger partial charge in [0.2, 0.25) is 0 Å². The van der Waals surface area contributed by atoms with Gasteiger partial charge in [-0.25, -0.2) is 0 Å². The van der Waals surface area contributed by atoms with Gasteiger partial charge in [0.15, 0.2) is 0 Å². The number of oxime groups is 1. The third-order valence-corrected chi connectivity index (χ3v) is 1.45. The number of nitrogens with zero attached hydrogens (tertiary/aromatic N) is 1. The summed E-state index contributed by atoms with van der Waals surface area (Å²) >= 11 is 0. The third kappa shape index (κ3) is 1.95. The lowest BCUT2D eigenvalue weighted by Crippen LogP contribution is -1.95. The summed E-state index contributed by atoms with van der Waals surface area (Å²) in [6.07, 6.45) is 1.67. The predicted octanol–water partition coefficient (Wildman–Crippen LogP) is 2.22. The van der Waals surface area contributed by atoms with Crippen LogP contribution in [0.3, 0.4) is 0 Å². The summed E-state index contributed by atoms with van der Waals surface area (Å²) in [6, 6.07) is 9.77. The Balaban J connectivity index is 2.96. The molecule has 0 radical (unpaired) electrons. The number of allylic oxidation sites excluding steroid dienone is 1. The van der Waals surface area contributed by atoms with E-state index in [1.807, 2.05) is 30.3 Å². The molecule has 1 rings (SSSR count). The van der Waals surface area contributed by atoms with Gasteiger partial charge in [-0.2, -0.15) is 0 Å². The summed E-state index contributed by atoms with van der Waals surface area (Å²) in [7, 11) is 1.52. The second-order valence-corrected chi connectivity index (χ2v) is 2.23. The van der Waals surface area contributed by atoms with Crippen LogP contribution >= 0.6 is 0 Å². The molecule has 0 aromatic heterocycles. The lowest BCUT2D eigenvalue weighted by molar-refractivity contribution is 0.214. The van der Waals surface area contributed by atoms with E-state index in [4.69, 9.17) is 0 Å². The van der Waals surface area contributed by atoms with E-state index in [1.165, 1.54) is 7.11 Å². The Kier molecular flexibility index (Phi) is 3.08. The van der Waals surface area contributed by atoms with E-state index in [9.17, 15) is 0 Å². The van der Waals surface area contributed by atoms with Crippen LogP contribution in [0.2, 0.25) is 0 Å². The van der Waals surface area contributed by atoms with Crippen LogP contribution in [-0.2, 0) is 4.84 Å². The first kappa shape index (κ1) is 8.53. The van der Waals surface area contributed by atoms with Crippen LogP contribution in [0.4, 0.5) is 0 Å². The summed E-state index contributed by atoms with van der Waals surface area (Å²) < 4.78 is 0. The number of hydrogen-bond donors (Lipinski definition) is 0. The summed E-state index contributed by atoms with van der Waals surface area (Å²) in [5.41, 5.74) is 1.76. The minimum atomic E-state index is 0.748. The zero-order chi connectivity index (χ0) is 8.81. The Labute approximate surface area is 72.2 Å². The number of benzene rings is 1. The van der Waals surface area contributed by atoms with Crippen molar-refractivity contribution in [3.05, 3.63) is 48.6 Å². The van der Waals surface area contributed by atoms with Crippen LogP contribution in [0.5, 0.6) is 0 Å². The molecule has 0 atom stereocenters. The van der Waals surface area contributed by atoms with Gasteiger partial charge >= 0.3 is 0 Å². The van der Waals surface area contributed by atoms with Crippen molar-refractivity contribution in [2.75, 3.05) is 7.11 Å². The Morgan fingerprint density at radius 3 is 2.58 bits per heavy atom. The molecule has 0 spiro atoms. The van der Waals surface area contributed by atoms with Crippen LogP contribution in [0, 0.1) is 0 Å². The van der Waals surface area contributed by atoms with Gasteiger partial charge in [0.1, 0.15) is 12.8 Å². The van der Waals surface area contributed by atoms with E-state index in [1.54, 1.807) is 6.08 Å². The highest BCUT2D eigenvalue weighted by Crippen LogP contribution is 2.01. The van der Waals surface area contributed by atoms with Crippen molar-refractivity contribution in [2.45, 2.75) is 0 Å². The molecule has 0 amide bonds. The van der Waals surface area contributed by atoms with Crippen molar-refractivity contribution in [1.82, 2.24) is 0 Å². The molecule has 12 heavy (non-hydrogen) atoms. The molecule has 1 aromatic rings. The van der Waals surface area contributed by atoms with Gasteiger partial charge in [0.25, 0.3) is 0 Å². The normalized spacial score (nSPS) is 10.9. The van der Waals surface area contributed by atoms with E-state index in [2.05, 4.69) is 16.6 Å². The van der Waals surface area contributed by atoms with Crippen LogP contribution < -0.4 is 0 Å². The summed E-state index contributed by atoms with van der Waals surface area (Å²) in [6.45, 7) is 3.65. The molecule has 62 valence electrons. The van der Waals surface area contributed by atoms with Crippen molar-refractivity contribution in [1.29, 1.82) is 0 Å². The maximum Gasteiger partial charge on any atom is 0.109 e. The van der Waals surface area contributed by atoms with Gasteiger partial charge in [-0.05, 0) is 6.08 Å². The Morgan fingerprint density at radius 1 is 1.42 bits per heavy atom. The topological polar surface area (TPSA) is 21.6 Å². The molecule has 0 aliphatic rings. The molecule has 0 N–H and O–H groups in total. The molecule has 0 saturated heterocycles. The first-order chi connectivity index (χ1) is 5.88. The van der Waals surface area contributed by atoms with Crippen molar-refractivity contribution in [3.63, 3.8) is 0 Å². The lowest BCUT2D eigenvalue weighted by Gasteiger charge is -1.98. The number of rotatable bonds is 3. The maximum absolute atomic E-state index is 4.67. The van der Waals surface area contributed by atoms with Crippen LogP contribution in [-0.4, -0.2) is 12.8 Å². The van der Waals surface area contributed by atoms with E-state index < -0.39 is 0 Å². The Bertz CT molecular complexity index is 277. The molecule has 0 saturated carbocycles. The standard InChI is InChI=1S/C10H11NO/c1-3-10(11-12-2)9-7-5-4-6-8-9/h3-8H,1H2,2H3/b11-10+. The van der Waals surface area contributed by atoms with Crippen molar-refractivity contribution in [2.24, 2.45) is 5.16 Å². The zero-order valence-corrected chi connectivity index (χ0v) is 7.03. The molecule has 2 nitrogen and oxygen atoms in total. The molecule has 0 fully saturated rings. The van der Waals surface area contributed by atoms with E-state index in [0.29, 0.717) is 0 Å². The summed E-state index contributed by atoms with van der Waals surface area (Å²) in [4.78, 5) is 4.67. The van der Waals surface area contributed by atoms with E-state index in [-0.39, 0.29) is 0 Å². The molecular weight excluding hydrogens is 150 g/mol. The minimum Gasteiger partial charge on any atom is -0.399 e. The molecule has 0 unspecified atom stereocenters. The largest absolute Gasteiger partial charge is 0.399 e. The second-order valence-electron chi connectivity index (χ2n) is 2.23. The van der Waals surface area contributed by atoms with Gasteiger partial charge in [-0.15, -0.1) is 0 Å². The average Bonchev–Trinajstić information content (AvgIpc) is 2.15. The summed E-state index contributed by atoms with van der Waals surface area (Å²) in [5, 5.41) is 3.81. The average molecular weight is 161 g/mol. The minimum absolute atomic E-state index is 0.748. The van der Waals surface area contributed by atoms with Gasteiger partial charge < -0.3 is 4.84 Å². The molecule has 1 aromatic carbocycles. The van der Waals surface area contributed by atoms with Crippen molar-refractivity contribution < 1.29 is 4.84 Å². The maximum atomic E-state index is 4.67. The zero-order valence-electron chi connectivity index (χ0n) is 7.03. The van der Waals surface area contributed by atoms with Crippen molar-refractivity contribution >= 4 is 5.71 Å². The highest BCUT2D eigenvalue weighted by molar-refractivity contribution is 6.07. The molecule has 0 heterocycles. The monoisotopic (exact) mass is 161 g/mol. The van der Waals surface area contributed by atoms with Gasteiger partial charge in [0, 0.05) is 5.56 Å². The van der Waals surface area contributed by atoms with Gasteiger partial charge in [0.05, 0.1) is 0 Å². The number of hydrogen-bond acceptors (Lipinski definition) is 2. The van der Waals surface area contributed by atoms with Crippen molar-refractivity contribution in [3.8, 4) is 0 Å². The molecule has 0 aliphatic heterocycles. The Morgan fingerprint density at radius 2 is 2.08 bits per heavy atom. The first-order valence-corrected chi connectivity index (χ1v) is 3.67. The van der Waals surface area contributed by atoms with Crippen LogP contribution in [0.1, 0.15) is 5.56 Å². The predicted molar refractivity (Wildman–Crippen MR) is 50.2 cm³/mol. The van der Waals surface area contributed by atoms with Crippen LogP contribution in [0.15, 0.2) is 48.1 Å². The summed E-state index contributed by atoms with van der Waals surface area (Å²) in [5.74, 6) is 0. The quantitative estimate of drug-likeness (QED) is 0.492. The molecular formula is C10H11NO. The van der Waals surface area contributed by atoms with E-state index >= 15 is 0 Å². The smallest absolute Gasteiger partial charge is 0.109 e. The highest BCUT2D eigenvalue weighted by Gasteiger charge is 1.96. The Hall–Kier alpha value is -1.57. The third-order valence-electron chi connectivity index (χ3n) is 1.45. The molecule has 0 aliphatic carbocycles. The fourth-order valence-corrected chi connectivity index (χ4v) is 0.915. The second kappa shape index (κ2) is 4.34. The highest BCUT2D eigenvalue weighted by atomic mass is 16.6. The fraction of sp³-hybridized carbons (Fsp3) is 0.100. The lowest BCUT2D eigenvalue weighted by atomic mass is 10.1.